The number of benzene rings is 2. The first kappa shape index (κ1) is 22.4. The number of hydrogen-bond acceptors (Lipinski definition) is 6. The van der Waals surface area contributed by atoms with Gasteiger partial charge in [-0.15, -0.1) is 5.10 Å². The summed E-state index contributed by atoms with van der Waals surface area (Å²) in [5, 5.41) is 11.4. The van der Waals surface area contributed by atoms with E-state index in [2.05, 4.69) is 29.4 Å². The zero-order valence-electron chi connectivity index (χ0n) is 17.9. The van der Waals surface area contributed by atoms with Crippen molar-refractivity contribution in [3.05, 3.63) is 60.2 Å². The number of rotatable bonds is 7. The van der Waals surface area contributed by atoms with Crippen LogP contribution in [0.3, 0.4) is 0 Å². The second-order valence-corrected chi connectivity index (χ2v) is 8.25. The molecule has 0 atom stereocenters. The van der Waals surface area contributed by atoms with Gasteiger partial charge in [-0.2, -0.15) is 0 Å². The summed E-state index contributed by atoms with van der Waals surface area (Å²) in [7, 11) is 3.17. The maximum atomic E-state index is 12.4. The number of anilines is 1. The van der Waals surface area contributed by atoms with Gasteiger partial charge in [0.2, 0.25) is 5.91 Å². The predicted molar refractivity (Wildman–Crippen MR) is 121 cm³/mol. The van der Waals surface area contributed by atoms with Crippen LogP contribution in [0.25, 0.3) is 5.69 Å². The SMILES string of the molecule is CC(C)c1ccc(NC(=O)CSc2nnc(OC(=O)N(C)C)n2-c2ccccc2)cc1. The molecule has 0 saturated heterocycles. The quantitative estimate of drug-likeness (QED) is 0.556. The van der Waals surface area contributed by atoms with E-state index < -0.39 is 6.09 Å². The Labute approximate surface area is 185 Å². The highest BCUT2D eigenvalue weighted by atomic mass is 32.2. The van der Waals surface area contributed by atoms with Crippen LogP contribution in [0.5, 0.6) is 6.01 Å². The fourth-order valence-corrected chi connectivity index (χ4v) is 3.41. The van der Waals surface area contributed by atoms with Crippen molar-refractivity contribution >= 4 is 29.4 Å². The minimum Gasteiger partial charge on any atom is -0.374 e. The first-order valence-electron chi connectivity index (χ1n) is 9.77. The molecule has 31 heavy (non-hydrogen) atoms. The highest BCUT2D eigenvalue weighted by Crippen LogP contribution is 2.26. The molecule has 1 heterocycles. The van der Waals surface area contributed by atoms with Crippen LogP contribution in [0.15, 0.2) is 59.8 Å². The molecule has 2 aromatic carbocycles. The summed E-state index contributed by atoms with van der Waals surface area (Å²) in [6.45, 7) is 4.24. The molecule has 9 heteroatoms. The fourth-order valence-electron chi connectivity index (χ4n) is 2.66. The van der Waals surface area contributed by atoms with Crippen molar-refractivity contribution in [2.24, 2.45) is 0 Å². The lowest BCUT2D eigenvalue weighted by molar-refractivity contribution is -0.113. The van der Waals surface area contributed by atoms with Gasteiger partial charge in [0.05, 0.1) is 11.4 Å². The molecule has 0 unspecified atom stereocenters. The molecule has 0 aliphatic heterocycles. The molecular weight excluding hydrogens is 414 g/mol. The van der Waals surface area contributed by atoms with Crippen LogP contribution < -0.4 is 10.1 Å². The molecule has 0 bridgehead atoms. The van der Waals surface area contributed by atoms with E-state index in [4.69, 9.17) is 4.74 Å². The van der Waals surface area contributed by atoms with Crippen molar-refractivity contribution < 1.29 is 14.3 Å². The van der Waals surface area contributed by atoms with Crippen molar-refractivity contribution in [2.45, 2.75) is 24.9 Å². The van der Waals surface area contributed by atoms with Gasteiger partial charge in [-0.05, 0) is 35.7 Å². The van der Waals surface area contributed by atoms with E-state index in [0.29, 0.717) is 11.1 Å². The molecule has 0 aliphatic rings. The van der Waals surface area contributed by atoms with Crippen molar-refractivity contribution in [1.29, 1.82) is 0 Å². The molecular formula is C22H25N5O3S. The minimum absolute atomic E-state index is 0.0390. The number of nitrogens with zero attached hydrogens (tertiary/aromatic N) is 4. The smallest absolute Gasteiger partial charge is 0.374 e. The second kappa shape index (κ2) is 10.1. The summed E-state index contributed by atoms with van der Waals surface area (Å²) in [5.41, 5.74) is 2.67. The van der Waals surface area contributed by atoms with E-state index in [1.807, 2.05) is 54.6 Å². The molecule has 8 nitrogen and oxygen atoms in total. The number of nitrogens with one attached hydrogen (secondary N) is 1. The molecule has 3 aromatic rings. The van der Waals surface area contributed by atoms with Crippen LogP contribution in [0.4, 0.5) is 10.5 Å². The highest BCUT2D eigenvalue weighted by Gasteiger charge is 2.20. The first-order valence-corrected chi connectivity index (χ1v) is 10.8. The van der Waals surface area contributed by atoms with Crippen molar-refractivity contribution in [3.63, 3.8) is 0 Å². The Balaban J connectivity index is 1.72. The number of aromatic nitrogens is 3. The topological polar surface area (TPSA) is 89.3 Å². The Morgan fingerprint density at radius 1 is 1.06 bits per heavy atom. The molecule has 0 saturated carbocycles. The van der Waals surface area contributed by atoms with Gasteiger partial charge in [0, 0.05) is 19.8 Å². The van der Waals surface area contributed by atoms with Gasteiger partial charge < -0.3 is 15.0 Å². The van der Waals surface area contributed by atoms with Gasteiger partial charge in [0.25, 0.3) is 0 Å². The highest BCUT2D eigenvalue weighted by molar-refractivity contribution is 7.99. The largest absolute Gasteiger partial charge is 0.417 e. The molecule has 162 valence electrons. The summed E-state index contributed by atoms with van der Waals surface area (Å²) < 4.78 is 6.95. The number of carbonyl (C=O) groups is 2. The summed E-state index contributed by atoms with van der Waals surface area (Å²) >= 11 is 1.21. The third-order valence-corrected chi connectivity index (χ3v) is 5.28. The summed E-state index contributed by atoms with van der Waals surface area (Å²) in [5.74, 6) is 0.385. The molecule has 3 rings (SSSR count). The third kappa shape index (κ3) is 5.85. The summed E-state index contributed by atoms with van der Waals surface area (Å²) in [6, 6.07) is 17.1. The van der Waals surface area contributed by atoms with Crippen LogP contribution >= 0.6 is 11.8 Å². The van der Waals surface area contributed by atoms with Crippen LogP contribution in [0.2, 0.25) is 0 Å². The zero-order chi connectivity index (χ0) is 22.4. The maximum absolute atomic E-state index is 12.4. The Morgan fingerprint density at radius 2 is 1.74 bits per heavy atom. The Hall–Kier alpha value is -3.33. The van der Waals surface area contributed by atoms with Crippen LogP contribution in [-0.2, 0) is 4.79 Å². The number of carbonyl (C=O) groups excluding carboxylic acids is 2. The standard InChI is InChI=1S/C22H25N5O3S/c1-15(2)16-10-12-17(13-11-16)23-19(28)14-31-21-25-24-20(30-22(29)26(3)4)27(21)18-8-6-5-7-9-18/h5-13,15H,14H2,1-4H3,(H,23,28). The Bertz CT molecular complexity index is 1030. The van der Waals surface area contributed by atoms with E-state index in [1.165, 1.54) is 22.2 Å². The van der Waals surface area contributed by atoms with Gasteiger partial charge >= 0.3 is 12.1 Å². The molecule has 0 fully saturated rings. The average Bonchev–Trinajstić information content (AvgIpc) is 3.15. The average molecular weight is 440 g/mol. The number of hydrogen-bond donors (Lipinski definition) is 1. The van der Waals surface area contributed by atoms with E-state index >= 15 is 0 Å². The number of para-hydroxylation sites is 1. The summed E-state index contributed by atoms with van der Waals surface area (Å²) in [6.07, 6.45) is -0.566. The van der Waals surface area contributed by atoms with Crippen LogP contribution in [0, 0.1) is 0 Å². The van der Waals surface area contributed by atoms with Gasteiger partial charge in [0.15, 0.2) is 5.16 Å². The lowest BCUT2D eigenvalue weighted by atomic mass is 10.0. The normalized spacial score (nSPS) is 10.7. The van der Waals surface area contributed by atoms with E-state index in [9.17, 15) is 9.59 Å². The molecule has 1 aromatic heterocycles. The summed E-state index contributed by atoms with van der Waals surface area (Å²) in [4.78, 5) is 25.7. The molecule has 0 aliphatic carbocycles. The van der Waals surface area contributed by atoms with Crippen molar-refractivity contribution in [2.75, 3.05) is 25.2 Å². The molecule has 1 N–H and O–H groups in total. The van der Waals surface area contributed by atoms with E-state index in [-0.39, 0.29) is 17.7 Å². The lowest BCUT2D eigenvalue weighted by Gasteiger charge is -2.12. The monoisotopic (exact) mass is 439 g/mol. The number of ether oxygens (including phenoxy) is 1. The fraction of sp³-hybridized carbons (Fsp3) is 0.273. The van der Waals surface area contributed by atoms with E-state index in [0.717, 1.165) is 11.4 Å². The number of thioether (sulfide) groups is 1. The third-order valence-electron chi connectivity index (χ3n) is 4.36. The zero-order valence-corrected chi connectivity index (χ0v) is 18.7. The maximum Gasteiger partial charge on any atom is 0.417 e. The van der Waals surface area contributed by atoms with Crippen molar-refractivity contribution in [3.8, 4) is 11.7 Å². The second-order valence-electron chi connectivity index (χ2n) is 7.31. The molecule has 0 spiro atoms. The van der Waals surface area contributed by atoms with Gasteiger partial charge in [-0.25, -0.2) is 9.36 Å². The van der Waals surface area contributed by atoms with Crippen LogP contribution in [-0.4, -0.2) is 51.5 Å². The van der Waals surface area contributed by atoms with Gasteiger partial charge in [-0.1, -0.05) is 61.0 Å². The van der Waals surface area contributed by atoms with Gasteiger partial charge in [0.1, 0.15) is 0 Å². The van der Waals surface area contributed by atoms with E-state index in [1.54, 1.807) is 18.7 Å². The first-order chi connectivity index (χ1) is 14.8. The molecule has 0 radical (unpaired) electrons. The minimum atomic E-state index is -0.566. The lowest BCUT2D eigenvalue weighted by Crippen LogP contribution is -2.26. The predicted octanol–water partition coefficient (Wildman–Crippen LogP) is 4.18. The Kier molecular flexibility index (Phi) is 7.30. The number of amides is 2. The Morgan fingerprint density at radius 3 is 2.35 bits per heavy atom. The molecule has 2 amide bonds. The van der Waals surface area contributed by atoms with Crippen LogP contribution in [0.1, 0.15) is 25.3 Å². The van der Waals surface area contributed by atoms with Gasteiger partial charge in [-0.3, -0.25) is 4.79 Å². The van der Waals surface area contributed by atoms with Crippen molar-refractivity contribution in [1.82, 2.24) is 19.7 Å².